The van der Waals surface area contributed by atoms with Gasteiger partial charge in [0.25, 0.3) is 0 Å². The topological polar surface area (TPSA) is 85.0 Å². The van der Waals surface area contributed by atoms with Crippen molar-refractivity contribution in [2.45, 2.75) is 44.7 Å². The van der Waals surface area contributed by atoms with Crippen LogP contribution in [0.4, 0.5) is 0 Å². The number of nitrogens with zero attached hydrogens (tertiary/aromatic N) is 3. The van der Waals surface area contributed by atoms with E-state index in [-0.39, 0.29) is 61.4 Å². The van der Waals surface area contributed by atoms with Gasteiger partial charge in [-0.15, -0.1) is 0 Å². The van der Waals surface area contributed by atoms with Gasteiger partial charge < -0.3 is 15.1 Å². The van der Waals surface area contributed by atoms with E-state index in [1.165, 1.54) is 0 Å². The quantitative estimate of drug-likeness (QED) is 0.267. The Hall–Kier alpha value is -1.97. The molecular weight excluding hydrogens is 631 g/mol. The summed E-state index contributed by atoms with van der Waals surface area (Å²) >= 11 is 0. The van der Waals surface area contributed by atoms with Crippen molar-refractivity contribution in [3.63, 3.8) is 0 Å². The average Bonchev–Trinajstić information content (AvgIpc) is 3.54. The molecule has 0 aromatic heterocycles. The summed E-state index contributed by atoms with van der Waals surface area (Å²) < 4.78 is 0. The van der Waals surface area contributed by atoms with E-state index in [4.69, 9.17) is 0 Å². The second-order valence-corrected chi connectivity index (χ2v) is 9.98. The van der Waals surface area contributed by atoms with Gasteiger partial charge in [-0.3, -0.25) is 19.8 Å². The molecule has 0 aliphatic carbocycles. The molecule has 1 radical (unpaired) electrons. The van der Waals surface area contributed by atoms with E-state index in [9.17, 15) is 14.4 Å². The Labute approximate surface area is 256 Å². The third-order valence-electron chi connectivity index (χ3n) is 7.23. The van der Waals surface area contributed by atoms with E-state index in [0.717, 1.165) is 24.1 Å². The first-order chi connectivity index (χ1) is 18.0. The Morgan fingerprint density at radius 2 is 1.92 bits per heavy atom. The summed E-state index contributed by atoms with van der Waals surface area (Å²) in [5, 5.41) is 5.07. The minimum Gasteiger partial charge on any atom is -0.350 e. The fraction of sp³-hybridized carbons (Fsp3) is 0.483. The second kappa shape index (κ2) is 15.6. The standard InChI is InChI=1S/C29H38N5O3.Ho/c1-32-22-25(21-31-32)28(29(37)30-20-24-12-6-3-7-13-24)34(19-9-18-33-17-8-14-26(33)35)27(36)16-15-23-10-4-2-5-11-23;/h3-7,10-13,25,28,31H,8-9,14-22H2,1H3,(H,30,37);/q-1;. The molecule has 2 atom stereocenters. The van der Waals surface area contributed by atoms with E-state index < -0.39 is 6.04 Å². The Balaban J connectivity index is 0.00000400. The smallest absolute Gasteiger partial charge is 0.243 e. The summed E-state index contributed by atoms with van der Waals surface area (Å²) in [6.07, 6.45) is 3.07. The summed E-state index contributed by atoms with van der Waals surface area (Å²) in [5.74, 6) is -0.0251. The minimum absolute atomic E-state index is 0. The number of amides is 3. The Morgan fingerprint density at radius 1 is 1.16 bits per heavy atom. The maximum absolute atomic E-state index is 13.7. The first-order valence-electron chi connectivity index (χ1n) is 13.3. The van der Waals surface area contributed by atoms with Crippen molar-refractivity contribution in [3.05, 3.63) is 71.8 Å². The second-order valence-electron chi connectivity index (χ2n) is 9.98. The number of hydrogen-bond donors (Lipinski definition) is 2. The molecule has 2 aromatic carbocycles. The third-order valence-corrected chi connectivity index (χ3v) is 7.23. The molecule has 2 saturated heterocycles. The van der Waals surface area contributed by atoms with Gasteiger partial charge in [0.1, 0.15) is 6.04 Å². The fourth-order valence-corrected chi connectivity index (χ4v) is 5.24. The molecule has 0 spiro atoms. The van der Waals surface area contributed by atoms with Gasteiger partial charge in [-0.05, 0) is 24.8 Å². The zero-order chi connectivity index (χ0) is 26.0. The molecule has 209 valence electrons. The molecular formula is C29H38HoN5O3-. The van der Waals surface area contributed by atoms with E-state index in [1.54, 1.807) is 4.90 Å². The van der Waals surface area contributed by atoms with Crippen LogP contribution < -0.4 is 10.7 Å². The monoisotopic (exact) mass is 669 g/mol. The molecule has 2 aromatic rings. The van der Waals surface area contributed by atoms with Crippen molar-refractivity contribution in [1.29, 1.82) is 0 Å². The Bertz CT molecular complexity index is 1040. The maximum Gasteiger partial charge on any atom is 0.243 e. The van der Waals surface area contributed by atoms with Crippen molar-refractivity contribution in [2.75, 3.05) is 39.8 Å². The first kappa shape index (κ1) is 30.6. The van der Waals surface area contributed by atoms with E-state index in [0.29, 0.717) is 58.4 Å². The number of hydrazine groups is 1. The van der Waals surface area contributed by atoms with Crippen LogP contribution in [0.15, 0.2) is 54.6 Å². The van der Waals surface area contributed by atoms with Crippen LogP contribution in [-0.2, 0) is 27.3 Å². The SMILES string of the molecule is CN1CC(C(C(=O)NCc2ccccc2)N(CCCN2CCCC2=O)C(=O)CCc2cc[c-]cc2)CN1.[Ho]. The van der Waals surface area contributed by atoms with Gasteiger partial charge in [0.15, 0.2) is 0 Å². The largest absolute Gasteiger partial charge is 0.350 e. The number of aryl methyl sites for hydroxylation is 1. The number of likely N-dealkylation sites (tertiary alicyclic amines) is 1. The molecule has 3 amide bonds. The van der Waals surface area contributed by atoms with Gasteiger partial charge in [0.05, 0.1) is 0 Å². The minimum atomic E-state index is -0.591. The molecule has 38 heavy (non-hydrogen) atoms. The molecule has 0 saturated carbocycles. The van der Waals surface area contributed by atoms with Crippen LogP contribution in [0.25, 0.3) is 0 Å². The molecule has 2 aliphatic heterocycles. The van der Waals surface area contributed by atoms with Crippen molar-refractivity contribution >= 4 is 17.7 Å². The van der Waals surface area contributed by atoms with Crippen LogP contribution in [0.5, 0.6) is 0 Å². The molecule has 2 heterocycles. The maximum atomic E-state index is 13.7. The summed E-state index contributed by atoms with van der Waals surface area (Å²) in [5.41, 5.74) is 5.38. The molecule has 2 fully saturated rings. The summed E-state index contributed by atoms with van der Waals surface area (Å²) in [6.45, 7) is 3.54. The Kier molecular flexibility index (Phi) is 12.5. The van der Waals surface area contributed by atoms with Crippen LogP contribution in [0.1, 0.15) is 36.8 Å². The summed E-state index contributed by atoms with van der Waals surface area (Å²) in [4.78, 5) is 43.1. The summed E-state index contributed by atoms with van der Waals surface area (Å²) in [7, 11) is 1.95. The number of carbonyl (C=O) groups excluding carboxylic acids is 3. The Morgan fingerprint density at radius 3 is 2.58 bits per heavy atom. The van der Waals surface area contributed by atoms with E-state index in [1.807, 2.05) is 71.6 Å². The molecule has 2 N–H and O–H groups in total. The number of carbonyl (C=O) groups is 3. The number of hydrogen-bond acceptors (Lipinski definition) is 5. The number of rotatable bonds is 12. The zero-order valence-electron chi connectivity index (χ0n) is 22.0. The van der Waals surface area contributed by atoms with Gasteiger partial charge in [0, 0.05) is 103 Å². The van der Waals surface area contributed by atoms with Gasteiger partial charge in [-0.1, -0.05) is 30.3 Å². The van der Waals surface area contributed by atoms with Crippen molar-refractivity contribution < 1.29 is 52.1 Å². The predicted octanol–water partition coefficient (Wildman–Crippen LogP) is 2.01. The van der Waals surface area contributed by atoms with Crippen LogP contribution >= 0.6 is 0 Å². The van der Waals surface area contributed by atoms with E-state index >= 15 is 0 Å². The van der Waals surface area contributed by atoms with Gasteiger partial charge in [-0.25, -0.2) is 5.01 Å². The molecule has 4 rings (SSSR count). The third kappa shape index (κ3) is 8.78. The van der Waals surface area contributed by atoms with Gasteiger partial charge in [-0.2, -0.15) is 35.9 Å². The van der Waals surface area contributed by atoms with Crippen LogP contribution in [0.2, 0.25) is 0 Å². The molecule has 2 unspecified atom stereocenters. The normalized spacial score (nSPS) is 18.2. The molecule has 0 bridgehead atoms. The zero-order valence-corrected chi connectivity index (χ0v) is 23.9. The van der Waals surface area contributed by atoms with Gasteiger partial charge in [0.2, 0.25) is 17.7 Å². The number of benzene rings is 2. The molecule has 9 heteroatoms. The van der Waals surface area contributed by atoms with Crippen molar-refractivity contribution in [2.24, 2.45) is 5.92 Å². The fourth-order valence-electron chi connectivity index (χ4n) is 5.24. The summed E-state index contributed by atoms with van der Waals surface area (Å²) in [6, 6.07) is 19.9. The predicted molar refractivity (Wildman–Crippen MR) is 142 cm³/mol. The van der Waals surface area contributed by atoms with Crippen molar-refractivity contribution in [3.8, 4) is 0 Å². The first-order valence-corrected chi connectivity index (χ1v) is 13.3. The van der Waals surface area contributed by atoms with Crippen molar-refractivity contribution in [1.82, 2.24) is 25.6 Å². The molecule has 2 aliphatic rings. The molecule has 8 nitrogen and oxygen atoms in total. The average molecular weight is 670 g/mol. The van der Waals surface area contributed by atoms with Crippen LogP contribution in [-0.4, -0.2) is 78.3 Å². The van der Waals surface area contributed by atoms with E-state index in [2.05, 4.69) is 16.8 Å². The van der Waals surface area contributed by atoms with Gasteiger partial charge >= 0.3 is 0 Å². The van der Waals surface area contributed by atoms with Crippen LogP contribution in [0, 0.1) is 49.7 Å². The van der Waals surface area contributed by atoms with Crippen LogP contribution in [0.3, 0.4) is 0 Å². The number of nitrogens with one attached hydrogen (secondary N) is 2.